The normalized spacial score (nSPS) is 18.1. The fourth-order valence-corrected chi connectivity index (χ4v) is 6.04. The first kappa shape index (κ1) is 17.4. The first-order valence-electron chi connectivity index (χ1n) is 9.78. The quantitative estimate of drug-likeness (QED) is 0.669. The molecular weight excluding hydrogens is 364 g/mol. The number of hydrogen-bond donors (Lipinski definition) is 0. The van der Waals surface area contributed by atoms with E-state index in [1.165, 1.54) is 27.1 Å². The Morgan fingerprint density at radius 3 is 2.46 bits per heavy atom. The highest BCUT2D eigenvalue weighted by Crippen LogP contribution is 2.27. The summed E-state index contributed by atoms with van der Waals surface area (Å²) >= 11 is 0. The van der Waals surface area contributed by atoms with E-state index >= 15 is 0 Å². The molecule has 0 saturated heterocycles. The molecule has 0 N–H and O–H groups in total. The van der Waals surface area contributed by atoms with Crippen LogP contribution in [-0.2, 0) is 16.3 Å². The van der Waals surface area contributed by atoms with E-state index in [4.69, 9.17) is 0 Å². The summed E-state index contributed by atoms with van der Waals surface area (Å²) in [5, 5.41) is 4.39. The Balaban J connectivity index is 1.65. The fraction of sp³-hybridized carbons (Fsp3) is 0.200. The molecular formula is C25H22O2S. The number of aryl methyl sites for hydroxylation is 2. The van der Waals surface area contributed by atoms with Crippen LogP contribution in [-0.4, -0.2) is 13.7 Å². The predicted octanol–water partition coefficient (Wildman–Crippen LogP) is 3.91. The molecule has 3 aromatic rings. The summed E-state index contributed by atoms with van der Waals surface area (Å²) < 4.78 is 26.2. The monoisotopic (exact) mass is 386 g/mol. The molecule has 0 radical (unpaired) electrons. The minimum absolute atomic E-state index is 0.415. The lowest BCUT2D eigenvalue weighted by molar-refractivity contribution is 0.585. The molecule has 0 aliphatic heterocycles. The topological polar surface area (TPSA) is 34.1 Å². The molecule has 0 spiro atoms. The van der Waals surface area contributed by atoms with Gasteiger partial charge in [-0.25, -0.2) is 8.42 Å². The Morgan fingerprint density at radius 2 is 1.64 bits per heavy atom. The van der Waals surface area contributed by atoms with Crippen molar-refractivity contribution in [2.24, 2.45) is 0 Å². The number of allylic oxidation sites excluding steroid dienone is 1. The molecule has 0 fully saturated rings. The van der Waals surface area contributed by atoms with Gasteiger partial charge in [-0.05, 0) is 70.7 Å². The van der Waals surface area contributed by atoms with Crippen molar-refractivity contribution >= 4 is 38.8 Å². The highest BCUT2D eigenvalue weighted by atomic mass is 32.2. The number of fused-ring (bicyclic) bond motifs is 5. The van der Waals surface area contributed by atoms with Gasteiger partial charge in [-0.2, -0.15) is 0 Å². The fourth-order valence-electron chi connectivity index (χ4n) is 4.42. The summed E-state index contributed by atoms with van der Waals surface area (Å²) in [7, 11) is -3.36. The van der Waals surface area contributed by atoms with Gasteiger partial charge in [-0.15, -0.1) is 0 Å². The van der Waals surface area contributed by atoms with Crippen LogP contribution in [0.3, 0.4) is 0 Å². The molecule has 0 heterocycles. The molecule has 0 amide bonds. The second-order valence-corrected chi connectivity index (χ2v) is 9.91. The third kappa shape index (κ3) is 2.73. The maximum Gasteiger partial charge on any atom is 0.184 e. The summed E-state index contributed by atoms with van der Waals surface area (Å²) in [6.07, 6.45) is 11.0. The summed E-state index contributed by atoms with van der Waals surface area (Å²) in [5.74, 6) is 0. The highest BCUT2D eigenvalue weighted by Gasteiger charge is 2.28. The highest BCUT2D eigenvalue weighted by molar-refractivity contribution is 7.92. The van der Waals surface area contributed by atoms with E-state index in [1.807, 2.05) is 25.1 Å². The van der Waals surface area contributed by atoms with Gasteiger partial charge < -0.3 is 0 Å². The minimum atomic E-state index is -3.36. The Morgan fingerprint density at radius 1 is 0.893 bits per heavy atom. The molecule has 1 atom stereocenters. The molecule has 0 aromatic heterocycles. The molecule has 5 rings (SSSR count). The molecule has 2 aliphatic carbocycles. The van der Waals surface area contributed by atoms with Gasteiger partial charge in [0.1, 0.15) is 0 Å². The van der Waals surface area contributed by atoms with Crippen LogP contribution in [0.5, 0.6) is 0 Å². The van der Waals surface area contributed by atoms with Gasteiger partial charge in [0.05, 0.1) is 10.1 Å². The third-order valence-electron chi connectivity index (χ3n) is 5.97. The van der Waals surface area contributed by atoms with Crippen molar-refractivity contribution in [3.05, 3.63) is 81.7 Å². The average molecular weight is 387 g/mol. The first-order valence-corrected chi connectivity index (χ1v) is 11.3. The lowest BCUT2D eigenvalue weighted by Crippen LogP contribution is -2.28. The van der Waals surface area contributed by atoms with Gasteiger partial charge in [-0.1, -0.05) is 66.3 Å². The van der Waals surface area contributed by atoms with Gasteiger partial charge in [-0.3, -0.25) is 0 Å². The van der Waals surface area contributed by atoms with Crippen molar-refractivity contribution in [2.75, 3.05) is 0 Å². The van der Waals surface area contributed by atoms with Crippen LogP contribution < -0.4 is 10.4 Å². The van der Waals surface area contributed by atoms with Gasteiger partial charge >= 0.3 is 0 Å². The van der Waals surface area contributed by atoms with Crippen LogP contribution in [0.4, 0.5) is 0 Å². The van der Waals surface area contributed by atoms with Crippen LogP contribution in [0.15, 0.2) is 59.5 Å². The summed E-state index contributed by atoms with van der Waals surface area (Å²) in [6, 6.07) is 15.8. The summed E-state index contributed by atoms with van der Waals surface area (Å²) in [6.45, 7) is 1.97. The summed E-state index contributed by atoms with van der Waals surface area (Å²) in [4.78, 5) is 0.415. The SMILES string of the molecule is Cc1ccc(S(=O)(=O)C2C=c3ccc4c5c(ccc4c3CC2)=CCC=C5)cc1. The molecule has 0 bridgehead atoms. The zero-order valence-corrected chi connectivity index (χ0v) is 16.7. The number of hydrogen-bond acceptors (Lipinski definition) is 2. The van der Waals surface area contributed by atoms with Crippen LogP contribution in [0.1, 0.15) is 29.5 Å². The minimum Gasteiger partial charge on any atom is -0.223 e. The van der Waals surface area contributed by atoms with Gasteiger partial charge in [0.15, 0.2) is 9.84 Å². The van der Waals surface area contributed by atoms with E-state index in [0.717, 1.165) is 23.6 Å². The zero-order chi connectivity index (χ0) is 19.3. The molecule has 3 heteroatoms. The second-order valence-electron chi connectivity index (χ2n) is 7.74. The van der Waals surface area contributed by atoms with E-state index in [-0.39, 0.29) is 0 Å². The van der Waals surface area contributed by atoms with E-state index in [1.54, 1.807) is 12.1 Å². The molecule has 2 nitrogen and oxygen atoms in total. The third-order valence-corrected chi connectivity index (χ3v) is 8.07. The number of rotatable bonds is 2. The molecule has 3 aromatic carbocycles. The lowest BCUT2D eigenvalue weighted by atomic mass is 9.90. The number of benzene rings is 3. The Bertz CT molecular complexity index is 1340. The van der Waals surface area contributed by atoms with Crippen molar-refractivity contribution < 1.29 is 8.42 Å². The molecule has 1 unspecified atom stereocenters. The van der Waals surface area contributed by atoms with Crippen LogP contribution in [0.25, 0.3) is 29.0 Å². The van der Waals surface area contributed by atoms with E-state index in [9.17, 15) is 8.42 Å². The zero-order valence-electron chi connectivity index (χ0n) is 15.9. The van der Waals surface area contributed by atoms with E-state index in [0.29, 0.717) is 11.3 Å². The smallest absolute Gasteiger partial charge is 0.184 e. The molecule has 28 heavy (non-hydrogen) atoms. The van der Waals surface area contributed by atoms with Crippen LogP contribution in [0.2, 0.25) is 0 Å². The van der Waals surface area contributed by atoms with Crippen molar-refractivity contribution in [1.82, 2.24) is 0 Å². The van der Waals surface area contributed by atoms with Crippen molar-refractivity contribution in [3.63, 3.8) is 0 Å². The van der Waals surface area contributed by atoms with Crippen molar-refractivity contribution in [2.45, 2.75) is 36.3 Å². The molecule has 140 valence electrons. The molecule has 2 aliphatic rings. The number of sulfone groups is 1. The van der Waals surface area contributed by atoms with Crippen LogP contribution in [0, 0.1) is 6.92 Å². The first-order chi connectivity index (χ1) is 13.5. The largest absolute Gasteiger partial charge is 0.223 e. The van der Waals surface area contributed by atoms with Gasteiger partial charge in [0.2, 0.25) is 0 Å². The maximum atomic E-state index is 13.1. The van der Waals surface area contributed by atoms with Crippen molar-refractivity contribution in [1.29, 1.82) is 0 Å². The standard InChI is InChI=1S/C25H22O2S/c1-17-6-10-20(11-7-17)28(26,27)21-12-15-23-19(16-21)9-14-24-22-5-3-2-4-18(22)8-13-25(23)24/h3-11,13-14,16,21H,2,12,15H2,1H3. The molecule has 0 saturated carbocycles. The average Bonchev–Trinajstić information content (AvgIpc) is 2.73. The maximum absolute atomic E-state index is 13.1. The summed E-state index contributed by atoms with van der Waals surface area (Å²) in [5.41, 5.74) is 3.62. The van der Waals surface area contributed by atoms with Crippen LogP contribution >= 0.6 is 0 Å². The Labute approximate surface area is 165 Å². The Kier molecular flexibility index (Phi) is 4.02. The van der Waals surface area contributed by atoms with E-state index < -0.39 is 15.1 Å². The van der Waals surface area contributed by atoms with Crippen molar-refractivity contribution in [3.8, 4) is 0 Å². The van der Waals surface area contributed by atoms with Gasteiger partial charge in [0.25, 0.3) is 0 Å². The van der Waals surface area contributed by atoms with E-state index in [2.05, 4.69) is 42.5 Å². The lowest BCUT2D eigenvalue weighted by Gasteiger charge is -2.21. The second kappa shape index (κ2) is 6.46. The Hall–Kier alpha value is -2.65. The van der Waals surface area contributed by atoms with Gasteiger partial charge in [0, 0.05) is 0 Å². The predicted molar refractivity (Wildman–Crippen MR) is 116 cm³/mol.